The van der Waals surface area contributed by atoms with Gasteiger partial charge in [-0.15, -0.1) is 0 Å². The number of nitrogens with zero attached hydrogens (tertiary/aromatic N) is 2. The van der Waals surface area contributed by atoms with Crippen LogP contribution in [-0.2, 0) is 14.2 Å². The van der Waals surface area contributed by atoms with Crippen molar-refractivity contribution in [3.63, 3.8) is 0 Å². The van der Waals surface area contributed by atoms with E-state index in [2.05, 4.69) is 16.0 Å². The van der Waals surface area contributed by atoms with E-state index in [1.54, 1.807) is 19.4 Å². The summed E-state index contributed by atoms with van der Waals surface area (Å²) in [5.74, 6) is -0.329. The summed E-state index contributed by atoms with van der Waals surface area (Å²) in [6, 6.07) is 8.02. The number of carbonyl (C=O) groups is 1. The number of aromatic nitrogens is 1. The Morgan fingerprint density at radius 2 is 2.15 bits per heavy atom. The molecule has 1 aromatic heterocycles. The monoisotopic (exact) mass is 372 g/mol. The number of fused-ring (bicyclic) bond motifs is 1. The van der Waals surface area contributed by atoms with Gasteiger partial charge in [0, 0.05) is 37.5 Å². The quantitative estimate of drug-likeness (QED) is 0.750. The Morgan fingerprint density at radius 1 is 1.33 bits per heavy atom. The lowest BCUT2D eigenvalue weighted by molar-refractivity contribution is 0.00717. The number of methoxy groups -OCH3 is 1. The maximum Gasteiger partial charge on any atom is 0.339 e. The van der Waals surface area contributed by atoms with Crippen LogP contribution in [0.1, 0.15) is 37.6 Å². The Morgan fingerprint density at radius 3 is 2.89 bits per heavy atom. The van der Waals surface area contributed by atoms with E-state index in [1.165, 1.54) is 0 Å². The highest BCUT2D eigenvalue weighted by molar-refractivity contribution is 6.04. The molecule has 2 heterocycles. The second kappa shape index (κ2) is 8.23. The third-order valence-corrected chi connectivity index (χ3v) is 4.56. The van der Waals surface area contributed by atoms with Crippen LogP contribution < -0.4 is 4.90 Å². The van der Waals surface area contributed by atoms with Crippen molar-refractivity contribution in [3.8, 4) is 0 Å². The zero-order chi connectivity index (χ0) is 19.4. The van der Waals surface area contributed by atoms with E-state index >= 15 is 0 Å². The van der Waals surface area contributed by atoms with Crippen molar-refractivity contribution in [1.82, 2.24) is 4.98 Å². The number of pyridine rings is 1. The smallest absolute Gasteiger partial charge is 0.339 e. The normalized spacial score (nSPS) is 17.9. The first-order valence-electron chi connectivity index (χ1n) is 9.34. The predicted octanol–water partition coefficient (Wildman–Crippen LogP) is 3.43. The van der Waals surface area contributed by atoms with Crippen LogP contribution in [0, 0.1) is 0 Å². The molecule has 3 rings (SSSR count). The lowest BCUT2D eigenvalue weighted by Crippen LogP contribution is -2.46. The molecule has 146 valence electrons. The van der Waals surface area contributed by atoms with Gasteiger partial charge < -0.3 is 19.1 Å². The second-order valence-corrected chi connectivity index (χ2v) is 7.77. The molecule has 6 heteroatoms. The topological polar surface area (TPSA) is 60.9 Å². The molecule has 1 aromatic carbocycles. The number of carbonyl (C=O) groups excluding carboxylic acids is 1. The molecular weight excluding hydrogens is 344 g/mol. The molecule has 0 unspecified atom stereocenters. The van der Waals surface area contributed by atoms with Crippen molar-refractivity contribution in [1.29, 1.82) is 0 Å². The minimum absolute atomic E-state index is 0.248. The number of hydrogen-bond donors (Lipinski definition) is 0. The zero-order valence-corrected chi connectivity index (χ0v) is 16.5. The first-order chi connectivity index (χ1) is 12.9. The number of anilines is 1. The molecule has 0 radical (unpaired) electrons. The van der Waals surface area contributed by atoms with Crippen LogP contribution in [0.5, 0.6) is 0 Å². The predicted molar refractivity (Wildman–Crippen MR) is 105 cm³/mol. The molecule has 1 saturated heterocycles. The fourth-order valence-electron chi connectivity index (χ4n) is 3.31. The average molecular weight is 372 g/mol. The number of esters is 1. The summed E-state index contributed by atoms with van der Waals surface area (Å²) in [7, 11) is 1.71. The van der Waals surface area contributed by atoms with Gasteiger partial charge in [0.15, 0.2) is 0 Å². The minimum atomic E-state index is -0.542. The van der Waals surface area contributed by atoms with Crippen molar-refractivity contribution in [2.75, 3.05) is 38.4 Å². The fourth-order valence-corrected chi connectivity index (χ4v) is 3.31. The summed E-state index contributed by atoms with van der Waals surface area (Å²) in [6.07, 6.45) is 2.54. The highest BCUT2D eigenvalue weighted by Crippen LogP contribution is 2.28. The van der Waals surface area contributed by atoms with Crippen LogP contribution in [0.25, 0.3) is 10.9 Å². The van der Waals surface area contributed by atoms with Gasteiger partial charge >= 0.3 is 5.97 Å². The van der Waals surface area contributed by atoms with E-state index in [1.807, 2.05) is 32.9 Å². The van der Waals surface area contributed by atoms with Crippen LogP contribution in [0.3, 0.4) is 0 Å². The third kappa shape index (κ3) is 4.76. The van der Waals surface area contributed by atoms with Crippen molar-refractivity contribution in [2.45, 2.75) is 38.8 Å². The molecule has 0 aliphatic carbocycles. The maximum absolute atomic E-state index is 12.7. The first kappa shape index (κ1) is 19.6. The summed E-state index contributed by atoms with van der Waals surface area (Å²) in [6.45, 7) is 8.46. The van der Waals surface area contributed by atoms with E-state index in [0.29, 0.717) is 25.4 Å². The van der Waals surface area contributed by atoms with E-state index in [4.69, 9.17) is 14.2 Å². The lowest BCUT2D eigenvalue weighted by atomic mass is 10.1. The second-order valence-electron chi connectivity index (χ2n) is 7.77. The minimum Gasteiger partial charge on any atom is -0.456 e. The maximum atomic E-state index is 12.7. The van der Waals surface area contributed by atoms with Gasteiger partial charge in [-0.2, -0.15) is 0 Å². The van der Waals surface area contributed by atoms with Gasteiger partial charge in [-0.05, 0) is 51.5 Å². The molecule has 1 aliphatic heterocycles. The van der Waals surface area contributed by atoms with E-state index in [-0.39, 0.29) is 12.0 Å². The molecule has 0 amide bonds. The van der Waals surface area contributed by atoms with Gasteiger partial charge in [-0.1, -0.05) is 0 Å². The van der Waals surface area contributed by atoms with E-state index in [0.717, 1.165) is 29.6 Å². The highest BCUT2D eigenvalue weighted by atomic mass is 16.6. The number of rotatable bonds is 5. The molecule has 1 fully saturated rings. The summed E-state index contributed by atoms with van der Waals surface area (Å²) in [5, 5.41) is 0.807. The molecular formula is C21H28N2O4. The van der Waals surface area contributed by atoms with Crippen LogP contribution >= 0.6 is 0 Å². The Bertz CT molecular complexity index is 800. The zero-order valence-electron chi connectivity index (χ0n) is 16.5. The standard InChI is InChI=1S/C21H28N2O4/c1-21(2,3)27-20(24)17-7-9-22-19-6-5-15(13-18(17)19)23-10-12-26-14-16(23)8-11-25-4/h5-7,9,13,16H,8,10-12,14H2,1-4H3/t16-/m1/s1. The lowest BCUT2D eigenvalue weighted by Gasteiger charge is -2.37. The molecule has 27 heavy (non-hydrogen) atoms. The Hall–Kier alpha value is -2.18. The van der Waals surface area contributed by atoms with Crippen LogP contribution in [0.4, 0.5) is 5.69 Å². The Labute approximate surface area is 160 Å². The average Bonchev–Trinajstić information content (AvgIpc) is 2.64. The molecule has 6 nitrogen and oxygen atoms in total. The largest absolute Gasteiger partial charge is 0.456 e. The van der Waals surface area contributed by atoms with Crippen molar-refractivity contribution < 1.29 is 19.0 Å². The van der Waals surface area contributed by atoms with Crippen molar-refractivity contribution in [3.05, 3.63) is 36.0 Å². The van der Waals surface area contributed by atoms with Gasteiger partial charge in [0.05, 0.1) is 30.3 Å². The van der Waals surface area contributed by atoms with Crippen molar-refractivity contribution >= 4 is 22.6 Å². The van der Waals surface area contributed by atoms with Gasteiger partial charge in [-0.3, -0.25) is 4.98 Å². The van der Waals surface area contributed by atoms with Crippen molar-refractivity contribution in [2.24, 2.45) is 0 Å². The van der Waals surface area contributed by atoms with Gasteiger partial charge in [0.1, 0.15) is 5.60 Å². The van der Waals surface area contributed by atoms with Gasteiger partial charge in [0.25, 0.3) is 0 Å². The molecule has 0 bridgehead atoms. The number of morpholine rings is 1. The summed E-state index contributed by atoms with van der Waals surface area (Å²) in [4.78, 5) is 19.4. The molecule has 0 spiro atoms. The molecule has 2 aromatic rings. The Balaban J connectivity index is 1.95. The van der Waals surface area contributed by atoms with Crippen LogP contribution in [0.15, 0.2) is 30.5 Å². The third-order valence-electron chi connectivity index (χ3n) is 4.56. The number of hydrogen-bond acceptors (Lipinski definition) is 6. The molecule has 1 aliphatic rings. The van der Waals surface area contributed by atoms with Crippen LogP contribution in [0.2, 0.25) is 0 Å². The summed E-state index contributed by atoms with van der Waals surface area (Å²) in [5.41, 5.74) is 1.84. The van der Waals surface area contributed by atoms with Crippen LogP contribution in [-0.4, -0.2) is 56.1 Å². The summed E-state index contributed by atoms with van der Waals surface area (Å²) >= 11 is 0. The van der Waals surface area contributed by atoms with Gasteiger partial charge in [0.2, 0.25) is 0 Å². The number of benzene rings is 1. The van der Waals surface area contributed by atoms with E-state index in [9.17, 15) is 4.79 Å². The highest BCUT2D eigenvalue weighted by Gasteiger charge is 2.25. The molecule has 1 atom stereocenters. The Kier molecular flexibility index (Phi) is 5.97. The number of ether oxygens (including phenoxy) is 3. The SMILES string of the molecule is COCC[C@@H]1COCCN1c1ccc2nccc(C(=O)OC(C)(C)C)c2c1. The first-order valence-corrected chi connectivity index (χ1v) is 9.34. The van der Waals surface area contributed by atoms with E-state index < -0.39 is 5.60 Å². The summed E-state index contributed by atoms with van der Waals surface area (Å²) < 4.78 is 16.5. The molecule has 0 saturated carbocycles. The van der Waals surface area contributed by atoms with Gasteiger partial charge in [-0.25, -0.2) is 4.79 Å². The molecule has 0 N–H and O–H groups in total. The fraction of sp³-hybridized carbons (Fsp3) is 0.524.